The molecule has 1 aromatic heterocycles. The number of carbonyl (C=O) groups excluding carboxylic acids is 1. The molecule has 8 heteroatoms. The lowest BCUT2D eigenvalue weighted by Crippen LogP contribution is -2.20. The van der Waals surface area contributed by atoms with E-state index in [0.717, 1.165) is 0 Å². The topological polar surface area (TPSA) is 88.2 Å². The standard InChI is InChI=1S/C16H16FN3O3S/c17-14-4-2-1-3-13(14)16(21)20-15-6-5-11(9-18-15)19-12-7-8-24(22,23)10-12/h1-6,9,12,19H,7-8,10H2,(H,18,20,21). The Kier molecular flexibility index (Phi) is 4.48. The van der Waals surface area contributed by atoms with E-state index in [2.05, 4.69) is 15.6 Å². The van der Waals surface area contributed by atoms with Gasteiger partial charge in [0.25, 0.3) is 5.91 Å². The van der Waals surface area contributed by atoms with Crippen LogP contribution in [0.1, 0.15) is 16.8 Å². The molecule has 126 valence electrons. The smallest absolute Gasteiger partial charge is 0.259 e. The zero-order valence-corrected chi connectivity index (χ0v) is 13.5. The van der Waals surface area contributed by atoms with E-state index in [1.54, 1.807) is 18.2 Å². The summed E-state index contributed by atoms with van der Waals surface area (Å²) in [4.78, 5) is 16.1. The molecule has 0 saturated carbocycles. The maximum absolute atomic E-state index is 13.6. The molecule has 2 N–H and O–H groups in total. The third-order valence-corrected chi connectivity index (χ3v) is 5.49. The van der Waals surface area contributed by atoms with Gasteiger partial charge in [-0.15, -0.1) is 0 Å². The van der Waals surface area contributed by atoms with E-state index in [1.807, 2.05) is 0 Å². The molecule has 6 nitrogen and oxygen atoms in total. The summed E-state index contributed by atoms with van der Waals surface area (Å²) in [5.41, 5.74) is 0.610. The van der Waals surface area contributed by atoms with E-state index in [1.165, 1.54) is 24.4 Å². The largest absolute Gasteiger partial charge is 0.380 e. The summed E-state index contributed by atoms with van der Waals surface area (Å²) in [5.74, 6) is -0.597. The Morgan fingerprint density at radius 3 is 2.62 bits per heavy atom. The second-order valence-electron chi connectivity index (χ2n) is 5.61. The predicted octanol–water partition coefficient (Wildman–Crippen LogP) is 2.07. The predicted molar refractivity (Wildman–Crippen MR) is 89.3 cm³/mol. The van der Waals surface area contributed by atoms with Crippen LogP contribution in [0.5, 0.6) is 0 Å². The van der Waals surface area contributed by atoms with Crippen LogP contribution in [-0.4, -0.2) is 36.9 Å². The monoisotopic (exact) mass is 349 g/mol. The number of carbonyl (C=O) groups is 1. The van der Waals surface area contributed by atoms with Gasteiger partial charge in [0.15, 0.2) is 9.84 Å². The number of pyridine rings is 1. The molecule has 1 unspecified atom stereocenters. The number of sulfone groups is 1. The lowest BCUT2D eigenvalue weighted by Gasteiger charge is -2.12. The van der Waals surface area contributed by atoms with Crippen molar-refractivity contribution in [1.29, 1.82) is 0 Å². The van der Waals surface area contributed by atoms with Gasteiger partial charge in [-0.2, -0.15) is 0 Å². The van der Waals surface area contributed by atoms with Gasteiger partial charge < -0.3 is 10.6 Å². The number of hydrogen-bond donors (Lipinski definition) is 2. The number of anilines is 2. The lowest BCUT2D eigenvalue weighted by atomic mass is 10.2. The molecule has 0 radical (unpaired) electrons. The summed E-state index contributed by atoms with van der Waals surface area (Å²) in [6.07, 6.45) is 2.07. The van der Waals surface area contributed by atoms with Crippen molar-refractivity contribution >= 4 is 27.2 Å². The molecule has 0 aliphatic carbocycles. The van der Waals surface area contributed by atoms with Crippen molar-refractivity contribution in [2.45, 2.75) is 12.5 Å². The Morgan fingerprint density at radius 2 is 2.00 bits per heavy atom. The highest BCUT2D eigenvalue weighted by atomic mass is 32.2. The average Bonchev–Trinajstić information content (AvgIpc) is 2.88. The molecular formula is C16H16FN3O3S. The molecule has 2 heterocycles. The number of rotatable bonds is 4. The fourth-order valence-electron chi connectivity index (χ4n) is 2.53. The fraction of sp³-hybridized carbons (Fsp3) is 0.250. The Hall–Kier alpha value is -2.48. The number of halogens is 1. The van der Waals surface area contributed by atoms with Crippen LogP contribution < -0.4 is 10.6 Å². The van der Waals surface area contributed by atoms with Gasteiger partial charge in [-0.05, 0) is 30.7 Å². The molecule has 1 aliphatic rings. The third kappa shape index (κ3) is 3.88. The molecule has 1 aromatic carbocycles. The van der Waals surface area contributed by atoms with Crippen LogP contribution in [0.15, 0.2) is 42.6 Å². The molecule has 1 fully saturated rings. The molecule has 1 aliphatic heterocycles. The van der Waals surface area contributed by atoms with Gasteiger partial charge in [0.1, 0.15) is 11.6 Å². The minimum atomic E-state index is -2.95. The van der Waals surface area contributed by atoms with Crippen molar-refractivity contribution in [1.82, 2.24) is 4.98 Å². The zero-order chi connectivity index (χ0) is 17.2. The summed E-state index contributed by atoms with van der Waals surface area (Å²) in [6, 6.07) is 8.82. The van der Waals surface area contributed by atoms with Crippen LogP contribution in [0.4, 0.5) is 15.9 Å². The Bertz CT molecular complexity index is 853. The zero-order valence-electron chi connectivity index (χ0n) is 12.7. The van der Waals surface area contributed by atoms with Crippen molar-refractivity contribution in [3.05, 3.63) is 54.0 Å². The second-order valence-corrected chi connectivity index (χ2v) is 7.84. The van der Waals surface area contributed by atoms with Crippen LogP contribution in [-0.2, 0) is 9.84 Å². The number of aromatic nitrogens is 1. The summed E-state index contributed by atoms with van der Waals surface area (Å²) >= 11 is 0. The first-order valence-corrected chi connectivity index (χ1v) is 9.24. The number of nitrogens with zero attached hydrogens (tertiary/aromatic N) is 1. The first kappa shape index (κ1) is 16.4. The van der Waals surface area contributed by atoms with Gasteiger partial charge in [0.05, 0.1) is 29.0 Å². The number of amides is 1. The van der Waals surface area contributed by atoms with E-state index in [4.69, 9.17) is 0 Å². The summed E-state index contributed by atoms with van der Waals surface area (Å²) in [6.45, 7) is 0. The molecule has 0 bridgehead atoms. The number of benzene rings is 1. The third-order valence-electron chi connectivity index (χ3n) is 3.73. The highest BCUT2D eigenvalue weighted by Crippen LogP contribution is 2.18. The summed E-state index contributed by atoms with van der Waals surface area (Å²) in [5, 5.41) is 5.62. The maximum atomic E-state index is 13.6. The Morgan fingerprint density at radius 1 is 1.21 bits per heavy atom. The van der Waals surface area contributed by atoms with Crippen molar-refractivity contribution in [2.24, 2.45) is 0 Å². The quantitative estimate of drug-likeness (QED) is 0.882. The van der Waals surface area contributed by atoms with E-state index in [0.29, 0.717) is 12.1 Å². The molecule has 1 atom stereocenters. The molecule has 1 amide bonds. The van der Waals surface area contributed by atoms with Crippen LogP contribution in [0.25, 0.3) is 0 Å². The van der Waals surface area contributed by atoms with Gasteiger partial charge in [0, 0.05) is 6.04 Å². The minimum absolute atomic E-state index is 0.0577. The van der Waals surface area contributed by atoms with Crippen molar-refractivity contribution in [3.63, 3.8) is 0 Å². The van der Waals surface area contributed by atoms with Crippen molar-refractivity contribution in [3.8, 4) is 0 Å². The molecule has 2 aromatic rings. The van der Waals surface area contributed by atoms with E-state index in [9.17, 15) is 17.6 Å². The van der Waals surface area contributed by atoms with Gasteiger partial charge in [-0.1, -0.05) is 12.1 Å². The first-order valence-electron chi connectivity index (χ1n) is 7.42. The SMILES string of the molecule is O=C(Nc1ccc(NC2CCS(=O)(=O)C2)cn1)c1ccccc1F. The van der Waals surface area contributed by atoms with Crippen LogP contribution in [0.3, 0.4) is 0 Å². The number of nitrogens with one attached hydrogen (secondary N) is 2. The van der Waals surface area contributed by atoms with Gasteiger partial charge in [-0.25, -0.2) is 17.8 Å². The summed E-state index contributed by atoms with van der Waals surface area (Å²) in [7, 11) is -2.95. The molecule has 24 heavy (non-hydrogen) atoms. The van der Waals surface area contributed by atoms with E-state index < -0.39 is 21.6 Å². The molecular weight excluding hydrogens is 333 g/mol. The fourth-order valence-corrected chi connectivity index (χ4v) is 4.20. The molecule has 0 spiro atoms. The van der Waals surface area contributed by atoms with Gasteiger partial charge in [0.2, 0.25) is 0 Å². The highest BCUT2D eigenvalue weighted by Gasteiger charge is 2.27. The Balaban J connectivity index is 1.63. The first-order chi connectivity index (χ1) is 11.4. The van der Waals surface area contributed by atoms with E-state index >= 15 is 0 Å². The Labute approximate surface area is 139 Å². The van der Waals surface area contributed by atoms with Crippen molar-refractivity contribution < 1.29 is 17.6 Å². The highest BCUT2D eigenvalue weighted by molar-refractivity contribution is 7.91. The van der Waals surface area contributed by atoms with E-state index in [-0.39, 0.29) is 28.9 Å². The van der Waals surface area contributed by atoms with Gasteiger partial charge >= 0.3 is 0 Å². The van der Waals surface area contributed by atoms with Crippen LogP contribution in [0, 0.1) is 5.82 Å². The van der Waals surface area contributed by atoms with Gasteiger partial charge in [-0.3, -0.25) is 4.79 Å². The normalized spacial score (nSPS) is 19.0. The van der Waals surface area contributed by atoms with Crippen LogP contribution in [0.2, 0.25) is 0 Å². The molecule has 3 rings (SSSR count). The maximum Gasteiger partial charge on any atom is 0.259 e. The van der Waals surface area contributed by atoms with Crippen molar-refractivity contribution in [2.75, 3.05) is 22.1 Å². The second kappa shape index (κ2) is 6.56. The van der Waals surface area contributed by atoms with Crippen LogP contribution >= 0.6 is 0 Å². The summed E-state index contributed by atoms with van der Waals surface area (Å²) < 4.78 is 36.4. The lowest BCUT2D eigenvalue weighted by molar-refractivity contribution is 0.102. The minimum Gasteiger partial charge on any atom is -0.380 e. The number of hydrogen-bond acceptors (Lipinski definition) is 5. The average molecular weight is 349 g/mol. The molecule has 1 saturated heterocycles.